The molecule has 368 valence electrons. The first-order chi connectivity index (χ1) is 33.0. The predicted octanol–water partition coefficient (Wildman–Crippen LogP) is 8.14. The van der Waals surface area contributed by atoms with Crippen LogP contribution < -0.4 is 0 Å². The quantitative estimate of drug-likeness (QED) is 0.0323. The summed E-state index contributed by atoms with van der Waals surface area (Å²) in [7, 11) is -20.1. The zero-order valence-corrected chi connectivity index (χ0v) is 38.0. The fourth-order valence-electron chi connectivity index (χ4n) is 5.89. The molecule has 0 unspecified atom stereocenters. The number of carbonyl (C=O) groups is 2. The van der Waals surface area contributed by atoms with Crippen LogP contribution in [0.25, 0.3) is 0 Å². The maximum atomic E-state index is 12.3. The standard InChI is InChI=1S/C39H28N8O20S4/c48-32-16-34(50)30(46-42-26-7-3-20(68(56,57)58)12-36(26)70(62,63)64)14-28(32)44-40-24-5-1-18(10-22(24)38(52)53)9-19-2-6-25(23(11-19)39(54)55)41-45-29-15-31(35(51)17-33(29)49)47-43-27-8-4-21(69(59,60)61)13-37(27)71(65,66)67/h1-8,10-17,48-51H,9H2,(H,52,53)(H,54,55)(H,56,57,58)(H,59,60,61)(H,62,63,64)(H,65,66,67)/b44-40-,45-41-,46-42-,47-43-. The minimum absolute atomic E-state index is 0.0781. The Bertz CT molecular complexity index is 3560. The molecule has 6 rings (SSSR count). The molecule has 0 bridgehead atoms. The second-order valence-corrected chi connectivity index (χ2v) is 19.7. The van der Waals surface area contributed by atoms with Crippen LogP contribution in [0.15, 0.2) is 158 Å². The summed E-state index contributed by atoms with van der Waals surface area (Å²) in [6.45, 7) is 0. The van der Waals surface area contributed by atoms with E-state index in [-0.39, 0.29) is 17.8 Å². The van der Waals surface area contributed by atoms with E-state index in [0.29, 0.717) is 23.3 Å². The van der Waals surface area contributed by atoms with E-state index >= 15 is 0 Å². The lowest BCUT2D eigenvalue weighted by Crippen LogP contribution is -2.03. The average Bonchev–Trinajstić information content (AvgIpc) is 3.26. The van der Waals surface area contributed by atoms with E-state index in [1.165, 1.54) is 36.4 Å². The van der Waals surface area contributed by atoms with Crippen LogP contribution in [0, 0.1) is 0 Å². The van der Waals surface area contributed by atoms with Crippen molar-refractivity contribution >= 4 is 97.9 Å². The Labute approximate surface area is 397 Å². The van der Waals surface area contributed by atoms with E-state index in [9.17, 15) is 92.1 Å². The van der Waals surface area contributed by atoms with Gasteiger partial charge in [-0.05, 0) is 78.2 Å². The Hall–Kier alpha value is -8.50. The van der Waals surface area contributed by atoms with Gasteiger partial charge in [-0.2, -0.15) is 33.7 Å². The van der Waals surface area contributed by atoms with Gasteiger partial charge in [0.05, 0.1) is 20.9 Å². The number of rotatable bonds is 16. The maximum absolute atomic E-state index is 12.3. The molecule has 0 atom stereocenters. The van der Waals surface area contributed by atoms with E-state index in [2.05, 4.69) is 40.9 Å². The van der Waals surface area contributed by atoms with Crippen molar-refractivity contribution in [3.05, 3.63) is 119 Å². The first-order valence-electron chi connectivity index (χ1n) is 18.7. The molecule has 10 N–H and O–H groups in total. The maximum Gasteiger partial charge on any atom is 0.337 e. The van der Waals surface area contributed by atoms with Crippen molar-refractivity contribution in [3.63, 3.8) is 0 Å². The average molecular weight is 1060 g/mol. The number of phenols is 4. The highest BCUT2D eigenvalue weighted by Crippen LogP contribution is 2.42. The number of azo groups is 4. The molecular weight excluding hydrogens is 1030 g/mol. The fraction of sp³-hybridized carbons (Fsp3) is 0.0256. The minimum atomic E-state index is -5.14. The molecule has 0 aliphatic heterocycles. The van der Waals surface area contributed by atoms with E-state index < -0.39 is 140 Å². The van der Waals surface area contributed by atoms with Gasteiger partial charge in [0.25, 0.3) is 40.5 Å². The molecule has 0 heterocycles. The Balaban J connectivity index is 1.23. The molecule has 28 nitrogen and oxygen atoms in total. The highest BCUT2D eigenvalue weighted by Gasteiger charge is 2.23. The molecule has 0 saturated heterocycles. The lowest BCUT2D eigenvalue weighted by molar-refractivity contribution is 0.0687. The van der Waals surface area contributed by atoms with Gasteiger partial charge in [-0.1, -0.05) is 12.1 Å². The molecule has 0 spiro atoms. The van der Waals surface area contributed by atoms with Gasteiger partial charge in [0.2, 0.25) is 0 Å². The van der Waals surface area contributed by atoms with Crippen LogP contribution in [-0.4, -0.2) is 94.5 Å². The molecule has 6 aromatic rings. The number of carboxylic acids is 2. The van der Waals surface area contributed by atoms with Crippen LogP contribution in [0.1, 0.15) is 31.8 Å². The number of aromatic hydroxyl groups is 4. The summed E-state index contributed by atoms with van der Waals surface area (Å²) in [5.74, 6) is -5.89. The van der Waals surface area contributed by atoms with Gasteiger partial charge in [-0.15, -0.1) is 40.9 Å². The van der Waals surface area contributed by atoms with Crippen molar-refractivity contribution < 1.29 is 92.1 Å². The third-order valence-corrected chi connectivity index (χ3v) is 12.7. The van der Waals surface area contributed by atoms with Gasteiger partial charge in [-0.3, -0.25) is 18.2 Å². The largest absolute Gasteiger partial charge is 0.505 e. The molecule has 32 heteroatoms. The monoisotopic (exact) mass is 1060 g/mol. The van der Waals surface area contributed by atoms with E-state index in [0.717, 1.165) is 48.5 Å². The van der Waals surface area contributed by atoms with Crippen LogP contribution in [-0.2, 0) is 46.9 Å². The SMILES string of the molecule is O=C(O)c1cc(Cc2ccc(/N=N\c3cc(/N=N\c4ccc(S(=O)(=O)O)cc4S(=O)(=O)O)c(O)cc3O)c(C(=O)O)c2)ccc1/N=N\c1cc(/N=N\c2ccc(S(=O)(=O)O)cc2S(=O)(=O)O)c(O)cc1O. The molecule has 0 amide bonds. The Morgan fingerprint density at radius 3 is 0.915 bits per heavy atom. The van der Waals surface area contributed by atoms with E-state index in [4.69, 9.17) is 0 Å². The summed E-state index contributed by atoms with van der Waals surface area (Å²) in [6.07, 6.45) is -0.0781. The molecule has 0 radical (unpaired) electrons. The number of hydrogen-bond acceptors (Lipinski definition) is 22. The molecule has 0 saturated carbocycles. The normalized spacial score (nSPS) is 12.7. The van der Waals surface area contributed by atoms with Gasteiger partial charge in [0.1, 0.15) is 78.3 Å². The van der Waals surface area contributed by atoms with Crippen molar-refractivity contribution in [2.75, 3.05) is 0 Å². The molecule has 0 fully saturated rings. The van der Waals surface area contributed by atoms with Crippen molar-refractivity contribution in [1.82, 2.24) is 0 Å². The Morgan fingerprint density at radius 2 is 0.634 bits per heavy atom. The second kappa shape index (κ2) is 19.8. The van der Waals surface area contributed by atoms with Crippen molar-refractivity contribution in [3.8, 4) is 23.0 Å². The first-order valence-corrected chi connectivity index (χ1v) is 24.4. The van der Waals surface area contributed by atoms with Gasteiger partial charge < -0.3 is 30.6 Å². The second-order valence-electron chi connectivity index (χ2n) is 14.1. The van der Waals surface area contributed by atoms with Crippen molar-refractivity contribution in [2.24, 2.45) is 40.9 Å². The fourth-order valence-corrected chi connectivity index (χ4v) is 8.35. The number of phenolic OH excluding ortho intramolecular Hbond substituents is 4. The van der Waals surface area contributed by atoms with Crippen LogP contribution >= 0.6 is 0 Å². The van der Waals surface area contributed by atoms with Gasteiger partial charge in [0, 0.05) is 24.3 Å². The van der Waals surface area contributed by atoms with Crippen LogP contribution in [0.4, 0.5) is 45.5 Å². The van der Waals surface area contributed by atoms with E-state index in [1.807, 2.05) is 0 Å². The molecule has 0 aliphatic rings. The Morgan fingerprint density at radius 1 is 0.352 bits per heavy atom. The molecule has 0 aromatic heterocycles. The lowest BCUT2D eigenvalue weighted by Gasteiger charge is -2.08. The number of benzene rings is 6. The van der Waals surface area contributed by atoms with Gasteiger partial charge in [0.15, 0.2) is 0 Å². The number of nitrogens with zero attached hydrogens (tertiary/aromatic N) is 8. The third-order valence-electron chi connectivity index (χ3n) is 9.21. The Kier molecular flexibility index (Phi) is 14.5. The van der Waals surface area contributed by atoms with Crippen molar-refractivity contribution in [1.29, 1.82) is 0 Å². The van der Waals surface area contributed by atoms with E-state index in [1.54, 1.807) is 0 Å². The highest BCUT2D eigenvalue weighted by molar-refractivity contribution is 7.87. The smallest absolute Gasteiger partial charge is 0.337 e. The predicted molar refractivity (Wildman–Crippen MR) is 238 cm³/mol. The summed E-state index contributed by atoms with van der Waals surface area (Å²) in [5.41, 5.74) is -3.90. The van der Waals surface area contributed by atoms with Crippen molar-refractivity contribution in [2.45, 2.75) is 26.0 Å². The van der Waals surface area contributed by atoms with Crippen LogP contribution in [0.2, 0.25) is 0 Å². The zero-order valence-electron chi connectivity index (χ0n) is 34.7. The summed E-state index contributed by atoms with van der Waals surface area (Å²) >= 11 is 0. The topological polar surface area (TPSA) is 472 Å². The summed E-state index contributed by atoms with van der Waals surface area (Å²) in [4.78, 5) is 20.6. The molecular formula is C39H28N8O20S4. The van der Waals surface area contributed by atoms with Gasteiger partial charge in [-0.25, -0.2) is 9.59 Å². The summed E-state index contributed by atoms with van der Waals surface area (Å²) < 4.78 is 131. The number of carboxylic acid groups (broad SMARTS) is 2. The third kappa shape index (κ3) is 12.6. The number of aromatic carboxylic acids is 2. The zero-order chi connectivity index (χ0) is 52.4. The molecule has 0 aliphatic carbocycles. The van der Waals surface area contributed by atoms with Gasteiger partial charge >= 0.3 is 11.9 Å². The number of hydrogen-bond donors (Lipinski definition) is 10. The first kappa shape index (κ1) is 51.9. The van der Waals surface area contributed by atoms with Crippen LogP contribution in [0.5, 0.6) is 23.0 Å². The molecule has 71 heavy (non-hydrogen) atoms. The lowest BCUT2D eigenvalue weighted by atomic mass is 9.99. The summed E-state index contributed by atoms with van der Waals surface area (Å²) in [6, 6.07) is 14.7. The van der Waals surface area contributed by atoms with Crippen LogP contribution in [0.3, 0.4) is 0 Å². The minimum Gasteiger partial charge on any atom is -0.505 e. The molecule has 6 aromatic carbocycles. The highest BCUT2D eigenvalue weighted by atomic mass is 32.2. The summed E-state index contributed by atoms with van der Waals surface area (Å²) in [5, 5.41) is 91.4.